The van der Waals surface area contributed by atoms with Crippen molar-refractivity contribution in [2.45, 2.75) is 46.7 Å². The van der Waals surface area contributed by atoms with Crippen molar-refractivity contribution < 1.29 is 9.53 Å². The van der Waals surface area contributed by atoms with Crippen molar-refractivity contribution in [3.63, 3.8) is 0 Å². The van der Waals surface area contributed by atoms with E-state index in [2.05, 4.69) is 0 Å². The molecule has 0 saturated heterocycles. The Bertz CT molecular complexity index is 450. The Morgan fingerprint density at radius 1 is 1.37 bits per heavy atom. The summed E-state index contributed by atoms with van der Waals surface area (Å²) in [4.78, 5) is 13.8. The molecule has 0 atom stereocenters. The molecule has 1 amide bonds. The van der Waals surface area contributed by atoms with E-state index in [4.69, 9.17) is 10.5 Å². The molecule has 0 saturated carbocycles. The fourth-order valence-electron chi connectivity index (χ4n) is 1.82. The van der Waals surface area contributed by atoms with Crippen molar-refractivity contribution in [3.8, 4) is 0 Å². The monoisotopic (exact) mass is 264 g/mol. The Balaban J connectivity index is 3.01. The lowest BCUT2D eigenvalue weighted by Gasteiger charge is -2.35. The lowest BCUT2D eigenvalue weighted by atomic mass is 10.0. The van der Waals surface area contributed by atoms with Gasteiger partial charge in [0.25, 0.3) is 0 Å². The van der Waals surface area contributed by atoms with Crippen LogP contribution in [0.2, 0.25) is 0 Å². The van der Waals surface area contributed by atoms with Crippen molar-refractivity contribution in [1.82, 2.24) is 4.90 Å². The molecular weight excluding hydrogens is 240 g/mol. The second kappa shape index (κ2) is 5.95. The average molecular weight is 264 g/mol. The fraction of sp³-hybridized carbons (Fsp3) is 0.533. The van der Waals surface area contributed by atoms with Crippen LogP contribution in [0.5, 0.6) is 0 Å². The van der Waals surface area contributed by atoms with Gasteiger partial charge in [-0.1, -0.05) is 12.1 Å². The van der Waals surface area contributed by atoms with Gasteiger partial charge >= 0.3 is 6.09 Å². The fourth-order valence-corrected chi connectivity index (χ4v) is 1.82. The molecule has 1 aromatic rings. The van der Waals surface area contributed by atoms with Crippen LogP contribution in [0.4, 0.5) is 10.5 Å². The van der Waals surface area contributed by atoms with Crippen molar-refractivity contribution in [3.05, 3.63) is 29.3 Å². The number of ether oxygens (including phenoxy) is 1. The minimum absolute atomic E-state index is 0.295. The number of nitrogen functional groups attached to an aromatic ring is 1. The summed E-state index contributed by atoms with van der Waals surface area (Å²) in [5.74, 6) is 0. The molecule has 0 aliphatic carbocycles. The van der Waals surface area contributed by atoms with Gasteiger partial charge in [-0.15, -0.1) is 0 Å². The first-order valence-electron chi connectivity index (χ1n) is 6.55. The molecule has 0 aliphatic rings. The molecule has 0 radical (unpaired) electrons. The number of carbonyl (C=O) groups excluding carboxylic acids is 1. The summed E-state index contributed by atoms with van der Waals surface area (Å²) in [5.41, 5.74) is 8.41. The number of rotatable bonds is 3. The second-order valence-electron chi connectivity index (χ2n) is 5.59. The molecule has 0 fully saturated rings. The summed E-state index contributed by atoms with van der Waals surface area (Å²) in [6.45, 7) is 10.6. The number of hydrogen-bond acceptors (Lipinski definition) is 3. The highest BCUT2D eigenvalue weighted by Crippen LogP contribution is 2.22. The zero-order valence-corrected chi connectivity index (χ0v) is 12.5. The van der Waals surface area contributed by atoms with Gasteiger partial charge in [-0.2, -0.15) is 0 Å². The van der Waals surface area contributed by atoms with Crippen LogP contribution in [0.1, 0.15) is 38.8 Å². The summed E-state index contributed by atoms with van der Waals surface area (Å²) in [6, 6.07) is 5.76. The summed E-state index contributed by atoms with van der Waals surface area (Å²) in [7, 11) is 0. The highest BCUT2D eigenvalue weighted by atomic mass is 16.6. The summed E-state index contributed by atoms with van der Waals surface area (Å²) in [6.07, 6.45) is -0.295. The summed E-state index contributed by atoms with van der Waals surface area (Å²) < 4.78 is 5.13. The van der Waals surface area contributed by atoms with E-state index in [1.807, 2.05) is 52.8 Å². The largest absolute Gasteiger partial charge is 0.450 e. The molecule has 2 N–H and O–H groups in total. The lowest BCUT2D eigenvalue weighted by molar-refractivity contribution is 0.0671. The SMILES string of the molecule is CCOC(=O)N(Cc1cccc(N)c1C)C(C)(C)C. The van der Waals surface area contributed by atoms with E-state index in [1.54, 1.807) is 4.90 Å². The number of anilines is 1. The molecule has 0 heterocycles. The number of benzene rings is 1. The maximum Gasteiger partial charge on any atom is 0.410 e. The first-order valence-corrected chi connectivity index (χ1v) is 6.55. The van der Waals surface area contributed by atoms with Gasteiger partial charge in [-0.25, -0.2) is 4.79 Å². The first-order chi connectivity index (χ1) is 8.77. The molecule has 106 valence electrons. The molecule has 0 bridgehead atoms. The van der Waals surface area contributed by atoms with Crippen molar-refractivity contribution >= 4 is 11.8 Å². The Hall–Kier alpha value is -1.71. The Morgan fingerprint density at radius 2 is 2.00 bits per heavy atom. The molecular formula is C15H24N2O2. The quantitative estimate of drug-likeness (QED) is 0.852. The molecule has 4 heteroatoms. The molecule has 0 aliphatic heterocycles. The predicted octanol–water partition coefficient (Wildman–Crippen LogP) is 3.33. The number of nitrogens with two attached hydrogens (primary N) is 1. The van der Waals surface area contributed by atoms with Gasteiger partial charge in [0, 0.05) is 17.8 Å². The third-order valence-electron chi connectivity index (χ3n) is 3.11. The van der Waals surface area contributed by atoms with Gasteiger partial charge in [0.1, 0.15) is 0 Å². The van der Waals surface area contributed by atoms with Crippen molar-refractivity contribution in [2.75, 3.05) is 12.3 Å². The van der Waals surface area contributed by atoms with Crippen LogP contribution in [0, 0.1) is 6.92 Å². The van der Waals surface area contributed by atoms with E-state index in [9.17, 15) is 4.79 Å². The maximum absolute atomic E-state index is 12.1. The van der Waals surface area contributed by atoms with Gasteiger partial charge in [0.2, 0.25) is 0 Å². The molecule has 0 aromatic heterocycles. The zero-order valence-electron chi connectivity index (χ0n) is 12.5. The zero-order chi connectivity index (χ0) is 14.6. The Labute approximate surface area is 115 Å². The summed E-state index contributed by atoms with van der Waals surface area (Å²) in [5, 5.41) is 0. The van der Waals surface area contributed by atoms with Crippen LogP contribution in [-0.4, -0.2) is 23.1 Å². The van der Waals surface area contributed by atoms with Gasteiger partial charge < -0.3 is 10.5 Å². The van der Waals surface area contributed by atoms with Crippen molar-refractivity contribution in [1.29, 1.82) is 0 Å². The van der Waals surface area contributed by atoms with Gasteiger partial charge in [-0.3, -0.25) is 4.90 Å². The van der Waals surface area contributed by atoms with Crippen LogP contribution in [0.15, 0.2) is 18.2 Å². The highest BCUT2D eigenvalue weighted by Gasteiger charge is 2.28. The van der Waals surface area contributed by atoms with Gasteiger partial charge in [-0.05, 0) is 51.8 Å². The smallest absolute Gasteiger partial charge is 0.410 e. The van der Waals surface area contributed by atoms with E-state index >= 15 is 0 Å². The Morgan fingerprint density at radius 3 is 2.53 bits per heavy atom. The second-order valence-corrected chi connectivity index (χ2v) is 5.59. The topological polar surface area (TPSA) is 55.6 Å². The third-order valence-corrected chi connectivity index (χ3v) is 3.11. The van der Waals surface area contributed by atoms with E-state index < -0.39 is 0 Å². The van der Waals surface area contributed by atoms with Crippen molar-refractivity contribution in [2.24, 2.45) is 0 Å². The molecule has 1 rings (SSSR count). The number of amides is 1. The minimum Gasteiger partial charge on any atom is -0.450 e. The van der Waals surface area contributed by atoms with Crippen LogP contribution >= 0.6 is 0 Å². The van der Waals surface area contributed by atoms with Crippen LogP contribution < -0.4 is 5.73 Å². The lowest BCUT2D eigenvalue weighted by Crippen LogP contribution is -2.45. The Kier molecular flexibility index (Phi) is 4.81. The highest BCUT2D eigenvalue weighted by molar-refractivity contribution is 5.69. The number of hydrogen-bond donors (Lipinski definition) is 1. The number of carbonyl (C=O) groups is 1. The first kappa shape index (κ1) is 15.3. The van der Waals surface area contributed by atoms with Gasteiger partial charge in [0.05, 0.1) is 6.61 Å². The van der Waals surface area contributed by atoms with Crippen LogP contribution in [0.25, 0.3) is 0 Å². The van der Waals surface area contributed by atoms with E-state index in [1.165, 1.54) is 0 Å². The van der Waals surface area contributed by atoms with Gasteiger partial charge in [0.15, 0.2) is 0 Å². The predicted molar refractivity (Wildman–Crippen MR) is 77.9 cm³/mol. The van der Waals surface area contributed by atoms with Crippen LogP contribution in [0.3, 0.4) is 0 Å². The summed E-state index contributed by atoms with van der Waals surface area (Å²) >= 11 is 0. The molecule has 1 aromatic carbocycles. The molecule has 0 unspecified atom stereocenters. The minimum atomic E-state index is -0.302. The molecule has 0 spiro atoms. The molecule has 19 heavy (non-hydrogen) atoms. The van der Waals surface area contributed by atoms with E-state index in [0.717, 1.165) is 16.8 Å². The van der Waals surface area contributed by atoms with E-state index in [0.29, 0.717) is 13.2 Å². The maximum atomic E-state index is 12.1. The number of nitrogens with zero attached hydrogens (tertiary/aromatic N) is 1. The standard InChI is InChI=1S/C15H24N2O2/c1-6-19-14(18)17(15(3,4)5)10-12-8-7-9-13(16)11(12)2/h7-9H,6,10,16H2,1-5H3. The molecule has 4 nitrogen and oxygen atoms in total. The third kappa shape index (κ3) is 3.88. The van der Waals surface area contributed by atoms with E-state index in [-0.39, 0.29) is 11.6 Å². The van der Waals surface area contributed by atoms with Crippen LogP contribution in [-0.2, 0) is 11.3 Å². The average Bonchev–Trinajstić information content (AvgIpc) is 2.29. The normalized spacial score (nSPS) is 11.2.